The van der Waals surface area contributed by atoms with Crippen molar-refractivity contribution in [1.29, 1.82) is 0 Å². The van der Waals surface area contributed by atoms with Gasteiger partial charge in [-0.3, -0.25) is 14.2 Å². The van der Waals surface area contributed by atoms with Gasteiger partial charge in [0, 0.05) is 12.6 Å². The number of thioether (sulfide) groups is 1. The van der Waals surface area contributed by atoms with Gasteiger partial charge >= 0.3 is 0 Å². The van der Waals surface area contributed by atoms with Gasteiger partial charge in [0.05, 0.1) is 29.5 Å². The van der Waals surface area contributed by atoms with Gasteiger partial charge in [0.25, 0.3) is 5.56 Å². The van der Waals surface area contributed by atoms with E-state index in [4.69, 9.17) is 9.72 Å². The SMILES string of the molecule is CCC1CCCCN1C(=O)CSc1nc2ccccc2c(=O)n1-c1ccc(OC)cc1. The van der Waals surface area contributed by atoms with Crippen LogP contribution < -0.4 is 10.3 Å². The van der Waals surface area contributed by atoms with Crippen LogP contribution in [-0.2, 0) is 4.79 Å². The van der Waals surface area contributed by atoms with Crippen LogP contribution in [0.15, 0.2) is 58.5 Å². The van der Waals surface area contributed by atoms with E-state index in [9.17, 15) is 9.59 Å². The second-order valence-electron chi connectivity index (χ2n) is 7.68. The number of carbonyl (C=O) groups excluding carboxylic acids is 1. The van der Waals surface area contributed by atoms with Crippen molar-refractivity contribution in [3.8, 4) is 11.4 Å². The Morgan fingerprint density at radius 2 is 1.94 bits per heavy atom. The third-order valence-corrected chi connectivity index (χ3v) is 6.74. The summed E-state index contributed by atoms with van der Waals surface area (Å²) in [6.45, 7) is 2.95. The molecule has 0 bridgehead atoms. The van der Waals surface area contributed by atoms with E-state index in [1.165, 1.54) is 18.2 Å². The van der Waals surface area contributed by atoms with Gasteiger partial charge in [-0.2, -0.15) is 0 Å². The number of rotatable bonds is 6. The summed E-state index contributed by atoms with van der Waals surface area (Å²) in [5.74, 6) is 1.09. The Hall–Kier alpha value is -2.80. The van der Waals surface area contributed by atoms with Crippen LogP contribution in [0.3, 0.4) is 0 Å². The predicted molar refractivity (Wildman–Crippen MR) is 124 cm³/mol. The molecule has 0 aliphatic carbocycles. The lowest BCUT2D eigenvalue weighted by molar-refractivity contribution is -0.132. The van der Waals surface area contributed by atoms with Gasteiger partial charge in [0.2, 0.25) is 5.91 Å². The molecule has 0 spiro atoms. The average Bonchev–Trinajstić information content (AvgIpc) is 2.82. The number of fused-ring (bicyclic) bond motifs is 1. The van der Waals surface area contributed by atoms with E-state index < -0.39 is 0 Å². The molecule has 2 aromatic carbocycles. The number of carbonyl (C=O) groups is 1. The Bertz CT molecular complexity index is 1130. The molecule has 6 nitrogen and oxygen atoms in total. The van der Waals surface area contributed by atoms with E-state index in [-0.39, 0.29) is 17.2 Å². The number of para-hydroxylation sites is 1. The number of amides is 1. The van der Waals surface area contributed by atoms with Crippen LogP contribution in [-0.4, -0.2) is 45.8 Å². The number of methoxy groups -OCH3 is 1. The second kappa shape index (κ2) is 9.56. The zero-order valence-electron chi connectivity index (χ0n) is 17.9. The lowest BCUT2D eigenvalue weighted by Crippen LogP contribution is -2.44. The summed E-state index contributed by atoms with van der Waals surface area (Å²) < 4.78 is 6.83. The highest BCUT2D eigenvalue weighted by molar-refractivity contribution is 7.99. The summed E-state index contributed by atoms with van der Waals surface area (Å²) in [5, 5.41) is 1.07. The molecule has 1 atom stereocenters. The number of nitrogens with zero attached hydrogens (tertiary/aromatic N) is 3. The Kier molecular flexibility index (Phi) is 6.61. The molecular formula is C24H27N3O3S. The molecule has 1 aromatic heterocycles. The standard InChI is InChI=1S/C24H27N3O3S/c1-3-17-8-6-7-15-26(17)22(28)16-31-24-25-21-10-5-4-9-20(21)23(29)27(24)18-11-13-19(30-2)14-12-18/h4-5,9-14,17H,3,6-8,15-16H2,1-2H3. The zero-order chi connectivity index (χ0) is 21.8. The van der Waals surface area contributed by atoms with E-state index in [0.29, 0.717) is 33.5 Å². The van der Waals surface area contributed by atoms with Gasteiger partial charge in [0.1, 0.15) is 5.75 Å². The van der Waals surface area contributed by atoms with Crippen molar-refractivity contribution in [1.82, 2.24) is 14.5 Å². The highest BCUT2D eigenvalue weighted by atomic mass is 32.2. The average molecular weight is 438 g/mol. The van der Waals surface area contributed by atoms with Gasteiger partial charge in [-0.1, -0.05) is 30.8 Å². The number of benzene rings is 2. The Morgan fingerprint density at radius 3 is 2.68 bits per heavy atom. The predicted octanol–water partition coefficient (Wildman–Crippen LogP) is 4.28. The highest BCUT2D eigenvalue weighted by Crippen LogP contribution is 2.25. The lowest BCUT2D eigenvalue weighted by atomic mass is 10.0. The molecule has 7 heteroatoms. The third-order valence-electron chi connectivity index (χ3n) is 5.82. The number of hydrogen-bond acceptors (Lipinski definition) is 5. The van der Waals surface area contributed by atoms with Crippen molar-refractivity contribution < 1.29 is 9.53 Å². The van der Waals surface area contributed by atoms with Crippen LogP contribution in [0.2, 0.25) is 0 Å². The minimum absolute atomic E-state index is 0.111. The van der Waals surface area contributed by atoms with E-state index in [2.05, 4.69) is 6.92 Å². The number of piperidine rings is 1. The Balaban J connectivity index is 1.68. The van der Waals surface area contributed by atoms with E-state index in [0.717, 1.165) is 25.8 Å². The molecule has 2 heterocycles. The Morgan fingerprint density at radius 1 is 1.16 bits per heavy atom. The fourth-order valence-electron chi connectivity index (χ4n) is 4.13. The van der Waals surface area contributed by atoms with E-state index in [1.807, 2.05) is 47.4 Å². The smallest absolute Gasteiger partial charge is 0.266 e. The third kappa shape index (κ3) is 4.46. The van der Waals surface area contributed by atoms with Gasteiger partial charge in [-0.05, 0) is 62.1 Å². The molecule has 1 unspecified atom stereocenters. The van der Waals surface area contributed by atoms with Crippen LogP contribution in [0.25, 0.3) is 16.6 Å². The van der Waals surface area contributed by atoms with E-state index >= 15 is 0 Å². The summed E-state index contributed by atoms with van der Waals surface area (Å²) in [4.78, 5) is 33.1. The molecule has 1 aliphatic rings. The van der Waals surface area contributed by atoms with Crippen molar-refractivity contribution in [2.45, 2.75) is 43.8 Å². The lowest BCUT2D eigenvalue weighted by Gasteiger charge is -2.35. The highest BCUT2D eigenvalue weighted by Gasteiger charge is 2.25. The first-order valence-electron chi connectivity index (χ1n) is 10.7. The molecule has 1 saturated heterocycles. The molecular weight excluding hydrogens is 410 g/mol. The van der Waals surface area contributed by atoms with Crippen LogP contribution in [0, 0.1) is 0 Å². The van der Waals surface area contributed by atoms with Crippen molar-refractivity contribution in [2.24, 2.45) is 0 Å². The van der Waals surface area contributed by atoms with Gasteiger partial charge in [-0.25, -0.2) is 4.98 Å². The molecule has 3 aromatic rings. The number of likely N-dealkylation sites (tertiary alicyclic amines) is 1. The Labute approximate surface area is 186 Å². The van der Waals surface area contributed by atoms with Crippen LogP contribution >= 0.6 is 11.8 Å². The minimum atomic E-state index is -0.143. The van der Waals surface area contributed by atoms with Crippen LogP contribution in [0.4, 0.5) is 0 Å². The number of aromatic nitrogens is 2. The van der Waals surface area contributed by atoms with Gasteiger partial charge < -0.3 is 9.64 Å². The van der Waals surface area contributed by atoms with Crippen molar-refractivity contribution in [2.75, 3.05) is 19.4 Å². The maximum absolute atomic E-state index is 13.3. The van der Waals surface area contributed by atoms with Crippen LogP contribution in [0.1, 0.15) is 32.6 Å². The summed E-state index contributed by atoms with van der Waals surface area (Å²) >= 11 is 1.32. The molecule has 162 valence electrons. The van der Waals surface area contributed by atoms with Crippen molar-refractivity contribution >= 4 is 28.6 Å². The molecule has 0 radical (unpaired) electrons. The fourth-order valence-corrected chi connectivity index (χ4v) is 5.03. The summed E-state index contributed by atoms with van der Waals surface area (Å²) in [6, 6.07) is 14.9. The molecule has 4 rings (SSSR count). The molecule has 1 amide bonds. The zero-order valence-corrected chi connectivity index (χ0v) is 18.7. The van der Waals surface area contributed by atoms with Crippen LogP contribution in [0.5, 0.6) is 5.75 Å². The molecule has 1 fully saturated rings. The second-order valence-corrected chi connectivity index (χ2v) is 8.63. The molecule has 0 N–H and O–H groups in total. The quantitative estimate of drug-likeness (QED) is 0.425. The minimum Gasteiger partial charge on any atom is -0.497 e. The summed E-state index contributed by atoms with van der Waals surface area (Å²) in [7, 11) is 1.61. The van der Waals surface area contributed by atoms with Crippen molar-refractivity contribution in [3.63, 3.8) is 0 Å². The topological polar surface area (TPSA) is 64.4 Å². The van der Waals surface area contributed by atoms with Gasteiger partial charge in [-0.15, -0.1) is 0 Å². The fraction of sp³-hybridized carbons (Fsp3) is 0.375. The maximum Gasteiger partial charge on any atom is 0.266 e. The normalized spacial score (nSPS) is 16.5. The first-order chi connectivity index (χ1) is 15.1. The maximum atomic E-state index is 13.3. The number of ether oxygens (including phenoxy) is 1. The van der Waals surface area contributed by atoms with Gasteiger partial charge in [0.15, 0.2) is 5.16 Å². The monoisotopic (exact) mass is 437 g/mol. The molecule has 31 heavy (non-hydrogen) atoms. The first kappa shape index (κ1) is 21.4. The summed E-state index contributed by atoms with van der Waals surface area (Å²) in [5.41, 5.74) is 1.19. The molecule has 0 saturated carbocycles. The largest absolute Gasteiger partial charge is 0.497 e. The molecule has 1 aliphatic heterocycles. The van der Waals surface area contributed by atoms with Crippen molar-refractivity contribution in [3.05, 3.63) is 58.9 Å². The first-order valence-corrected chi connectivity index (χ1v) is 11.7. The summed E-state index contributed by atoms with van der Waals surface area (Å²) in [6.07, 6.45) is 4.27. The van der Waals surface area contributed by atoms with E-state index in [1.54, 1.807) is 17.7 Å². The number of hydrogen-bond donors (Lipinski definition) is 0.